The molecule has 1 aromatic carbocycles. The number of amides is 1. The van der Waals surface area contributed by atoms with Crippen LogP contribution in [0.5, 0.6) is 0 Å². The quantitative estimate of drug-likeness (QED) is 0.732. The Kier molecular flexibility index (Phi) is 3.38. The van der Waals surface area contributed by atoms with Gasteiger partial charge in [-0.2, -0.15) is 0 Å². The van der Waals surface area contributed by atoms with Crippen molar-refractivity contribution in [3.63, 3.8) is 0 Å². The summed E-state index contributed by atoms with van der Waals surface area (Å²) in [5, 5.41) is 2.94. The summed E-state index contributed by atoms with van der Waals surface area (Å²) in [6.07, 6.45) is 5.18. The highest BCUT2D eigenvalue weighted by atomic mass is 16.1. The molecule has 15 heavy (non-hydrogen) atoms. The van der Waals surface area contributed by atoms with Gasteiger partial charge in [-0.3, -0.25) is 4.79 Å². The largest absolute Gasteiger partial charge is 0.352 e. The van der Waals surface area contributed by atoms with Crippen LogP contribution in [0.3, 0.4) is 0 Å². The van der Waals surface area contributed by atoms with E-state index >= 15 is 0 Å². The van der Waals surface area contributed by atoms with Gasteiger partial charge in [0.1, 0.15) is 0 Å². The van der Waals surface area contributed by atoms with Gasteiger partial charge in [-0.15, -0.1) is 0 Å². The van der Waals surface area contributed by atoms with Crippen molar-refractivity contribution in [2.75, 3.05) is 6.54 Å². The van der Waals surface area contributed by atoms with Gasteiger partial charge in [0.25, 0.3) is 5.91 Å². The highest BCUT2D eigenvalue weighted by Crippen LogP contribution is 2.33. The van der Waals surface area contributed by atoms with E-state index < -0.39 is 0 Å². The van der Waals surface area contributed by atoms with Gasteiger partial charge in [0.15, 0.2) is 0 Å². The van der Waals surface area contributed by atoms with E-state index in [-0.39, 0.29) is 5.91 Å². The van der Waals surface area contributed by atoms with Crippen LogP contribution in [-0.4, -0.2) is 12.5 Å². The summed E-state index contributed by atoms with van der Waals surface area (Å²) in [6, 6.07) is 9.38. The summed E-state index contributed by atoms with van der Waals surface area (Å²) in [5.74, 6) is 1.00. The SMILES string of the molecule is O=C(NCCCC1CC1)c1ccccc1. The molecule has 1 N–H and O–H groups in total. The molecule has 1 aliphatic carbocycles. The fraction of sp³-hybridized carbons (Fsp3) is 0.462. The molecule has 0 spiro atoms. The van der Waals surface area contributed by atoms with Crippen molar-refractivity contribution in [1.82, 2.24) is 5.32 Å². The van der Waals surface area contributed by atoms with Gasteiger partial charge >= 0.3 is 0 Å². The molecule has 0 aliphatic heterocycles. The molecule has 0 saturated heterocycles. The van der Waals surface area contributed by atoms with E-state index in [1.54, 1.807) is 0 Å². The highest BCUT2D eigenvalue weighted by molar-refractivity contribution is 5.94. The van der Waals surface area contributed by atoms with Gasteiger partial charge < -0.3 is 5.32 Å². The summed E-state index contributed by atoms with van der Waals surface area (Å²) >= 11 is 0. The molecular formula is C13H17NO. The number of rotatable bonds is 5. The zero-order chi connectivity index (χ0) is 10.5. The first-order chi connectivity index (χ1) is 7.36. The summed E-state index contributed by atoms with van der Waals surface area (Å²) in [4.78, 5) is 11.6. The lowest BCUT2D eigenvalue weighted by atomic mass is 10.2. The van der Waals surface area contributed by atoms with E-state index in [0.717, 1.165) is 24.4 Å². The molecule has 0 bridgehead atoms. The van der Waals surface area contributed by atoms with Crippen molar-refractivity contribution >= 4 is 5.91 Å². The Balaban J connectivity index is 1.67. The van der Waals surface area contributed by atoms with E-state index in [4.69, 9.17) is 0 Å². The van der Waals surface area contributed by atoms with Crippen LogP contribution < -0.4 is 5.32 Å². The molecule has 2 nitrogen and oxygen atoms in total. The van der Waals surface area contributed by atoms with Crippen LogP contribution in [0.25, 0.3) is 0 Å². The molecule has 1 aromatic rings. The maximum absolute atomic E-state index is 11.6. The average molecular weight is 203 g/mol. The van der Waals surface area contributed by atoms with Crippen LogP contribution >= 0.6 is 0 Å². The fourth-order valence-electron chi connectivity index (χ4n) is 1.69. The minimum Gasteiger partial charge on any atom is -0.352 e. The maximum Gasteiger partial charge on any atom is 0.251 e. The topological polar surface area (TPSA) is 29.1 Å². The lowest BCUT2D eigenvalue weighted by Crippen LogP contribution is -2.24. The van der Waals surface area contributed by atoms with E-state index in [9.17, 15) is 4.79 Å². The minimum atomic E-state index is 0.0476. The molecule has 80 valence electrons. The monoisotopic (exact) mass is 203 g/mol. The Hall–Kier alpha value is -1.31. The first-order valence-corrected chi connectivity index (χ1v) is 5.69. The third-order valence-electron chi connectivity index (χ3n) is 2.81. The average Bonchev–Trinajstić information content (AvgIpc) is 3.09. The zero-order valence-electron chi connectivity index (χ0n) is 8.91. The smallest absolute Gasteiger partial charge is 0.251 e. The third kappa shape index (κ3) is 3.39. The lowest BCUT2D eigenvalue weighted by molar-refractivity contribution is 0.0953. The van der Waals surface area contributed by atoms with Crippen LogP contribution in [0.4, 0.5) is 0 Å². The van der Waals surface area contributed by atoms with Crippen molar-refractivity contribution in [3.8, 4) is 0 Å². The van der Waals surface area contributed by atoms with Crippen molar-refractivity contribution in [2.24, 2.45) is 5.92 Å². The van der Waals surface area contributed by atoms with Crippen LogP contribution in [0.2, 0.25) is 0 Å². The Morgan fingerprint density at radius 2 is 2.00 bits per heavy atom. The van der Waals surface area contributed by atoms with Gasteiger partial charge in [-0.1, -0.05) is 31.0 Å². The fourth-order valence-corrected chi connectivity index (χ4v) is 1.69. The summed E-state index contributed by atoms with van der Waals surface area (Å²) in [6.45, 7) is 0.810. The van der Waals surface area contributed by atoms with Crippen molar-refractivity contribution in [3.05, 3.63) is 35.9 Å². The first kappa shape index (κ1) is 10.2. The highest BCUT2D eigenvalue weighted by Gasteiger charge is 2.20. The predicted octanol–water partition coefficient (Wildman–Crippen LogP) is 2.61. The molecule has 2 heteroatoms. The summed E-state index contributed by atoms with van der Waals surface area (Å²) < 4.78 is 0. The van der Waals surface area contributed by atoms with Crippen LogP contribution in [-0.2, 0) is 0 Å². The van der Waals surface area contributed by atoms with Crippen LogP contribution in [0.1, 0.15) is 36.0 Å². The molecule has 1 fully saturated rings. The van der Waals surface area contributed by atoms with Gasteiger partial charge in [0, 0.05) is 12.1 Å². The second-order valence-electron chi connectivity index (χ2n) is 4.21. The standard InChI is InChI=1S/C13H17NO/c15-13(12-6-2-1-3-7-12)14-10-4-5-11-8-9-11/h1-3,6-7,11H,4-5,8-10H2,(H,14,15). The van der Waals surface area contributed by atoms with E-state index in [1.165, 1.54) is 19.3 Å². The third-order valence-corrected chi connectivity index (χ3v) is 2.81. The molecule has 0 unspecified atom stereocenters. The molecule has 2 rings (SSSR count). The normalized spacial score (nSPS) is 14.9. The molecule has 0 aromatic heterocycles. The van der Waals surface area contributed by atoms with Gasteiger partial charge in [-0.25, -0.2) is 0 Å². The lowest BCUT2D eigenvalue weighted by Gasteiger charge is -2.04. The predicted molar refractivity (Wildman–Crippen MR) is 60.7 cm³/mol. The summed E-state index contributed by atoms with van der Waals surface area (Å²) in [5.41, 5.74) is 0.754. The number of hydrogen-bond donors (Lipinski definition) is 1. The van der Waals surface area contributed by atoms with Crippen LogP contribution in [0, 0.1) is 5.92 Å². The number of carbonyl (C=O) groups is 1. The first-order valence-electron chi connectivity index (χ1n) is 5.69. The number of hydrogen-bond acceptors (Lipinski definition) is 1. The number of benzene rings is 1. The van der Waals surface area contributed by atoms with Crippen molar-refractivity contribution < 1.29 is 4.79 Å². The molecular weight excluding hydrogens is 186 g/mol. The van der Waals surface area contributed by atoms with Crippen molar-refractivity contribution in [1.29, 1.82) is 0 Å². The zero-order valence-corrected chi connectivity index (χ0v) is 8.91. The second kappa shape index (κ2) is 4.96. The van der Waals surface area contributed by atoms with Gasteiger partial charge in [0.05, 0.1) is 0 Å². The molecule has 0 atom stereocenters. The Labute approximate surface area is 90.7 Å². The van der Waals surface area contributed by atoms with Gasteiger partial charge in [0.2, 0.25) is 0 Å². The summed E-state index contributed by atoms with van der Waals surface area (Å²) in [7, 11) is 0. The molecule has 1 saturated carbocycles. The molecule has 0 radical (unpaired) electrons. The van der Waals surface area contributed by atoms with Crippen molar-refractivity contribution in [2.45, 2.75) is 25.7 Å². The van der Waals surface area contributed by atoms with E-state index in [2.05, 4.69) is 5.32 Å². The van der Waals surface area contributed by atoms with Gasteiger partial charge in [-0.05, 0) is 30.9 Å². The van der Waals surface area contributed by atoms with E-state index in [0.29, 0.717) is 0 Å². The van der Waals surface area contributed by atoms with Crippen LogP contribution in [0.15, 0.2) is 30.3 Å². The van der Waals surface area contributed by atoms with E-state index in [1.807, 2.05) is 30.3 Å². The molecule has 1 aliphatic rings. The Morgan fingerprint density at radius 1 is 1.27 bits per heavy atom. The number of nitrogens with one attached hydrogen (secondary N) is 1. The maximum atomic E-state index is 11.6. The molecule has 1 amide bonds. The minimum absolute atomic E-state index is 0.0476. The number of carbonyl (C=O) groups excluding carboxylic acids is 1. The molecule has 0 heterocycles. The second-order valence-corrected chi connectivity index (χ2v) is 4.21. The Bertz CT molecular complexity index is 317. The Morgan fingerprint density at radius 3 is 2.67 bits per heavy atom.